The fourth-order valence-electron chi connectivity index (χ4n) is 4.46. The molecule has 0 aliphatic heterocycles. The maximum absolute atomic E-state index is 9.28. The van der Waals surface area contributed by atoms with Gasteiger partial charge in [0.1, 0.15) is 5.82 Å². The molecule has 2 aliphatic carbocycles. The minimum atomic E-state index is 0.000473. The van der Waals surface area contributed by atoms with Gasteiger partial charge in [-0.05, 0) is 42.5 Å². The summed E-state index contributed by atoms with van der Waals surface area (Å²) in [6.45, 7) is 5.64. The summed E-state index contributed by atoms with van der Waals surface area (Å²) in [7, 11) is 0. The van der Waals surface area contributed by atoms with Crippen LogP contribution in [0.5, 0.6) is 0 Å². The molecule has 1 unspecified atom stereocenters. The number of aliphatic hydroxyl groups excluding tert-OH is 1. The third-order valence-corrected chi connectivity index (χ3v) is 7.03. The number of aliphatic hydroxyl groups is 1. The van der Waals surface area contributed by atoms with Crippen molar-refractivity contribution in [1.82, 2.24) is 14.8 Å². The molecule has 1 N–H and O–H groups in total. The summed E-state index contributed by atoms with van der Waals surface area (Å²) in [5.41, 5.74) is 0.218. The van der Waals surface area contributed by atoms with Crippen molar-refractivity contribution in [3.63, 3.8) is 0 Å². The van der Waals surface area contributed by atoms with Gasteiger partial charge in [0.15, 0.2) is 5.82 Å². The number of thiophene rings is 1. The number of aromatic nitrogens is 3. The van der Waals surface area contributed by atoms with E-state index >= 15 is 0 Å². The minimum absolute atomic E-state index is 0.000473. The topological polar surface area (TPSA) is 50.9 Å². The Morgan fingerprint density at radius 1 is 1.33 bits per heavy atom. The lowest BCUT2D eigenvalue weighted by Gasteiger charge is -2.19. The number of hydrogen-bond acceptors (Lipinski definition) is 4. The Bertz CT molecular complexity index is 700. The molecule has 0 bridgehead atoms. The van der Waals surface area contributed by atoms with Crippen LogP contribution in [0.25, 0.3) is 0 Å². The van der Waals surface area contributed by atoms with E-state index in [2.05, 4.69) is 36.0 Å². The van der Waals surface area contributed by atoms with Gasteiger partial charge in [0.2, 0.25) is 0 Å². The third-order valence-electron chi connectivity index (χ3n) is 6.00. The van der Waals surface area contributed by atoms with E-state index in [0.717, 1.165) is 31.0 Å². The van der Waals surface area contributed by atoms with Crippen LogP contribution in [0.4, 0.5) is 0 Å². The third kappa shape index (κ3) is 2.44. The molecule has 130 valence electrons. The average Bonchev–Trinajstić information content (AvgIpc) is 3.15. The van der Waals surface area contributed by atoms with E-state index in [-0.39, 0.29) is 17.4 Å². The Morgan fingerprint density at radius 3 is 2.67 bits per heavy atom. The van der Waals surface area contributed by atoms with Crippen LogP contribution in [0.15, 0.2) is 17.5 Å². The molecule has 2 aliphatic rings. The molecule has 2 saturated carbocycles. The Morgan fingerprint density at radius 2 is 2.08 bits per heavy atom. The van der Waals surface area contributed by atoms with Crippen molar-refractivity contribution in [2.45, 2.75) is 70.3 Å². The second kappa shape index (κ2) is 5.95. The summed E-state index contributed by atoms with van der Waals surface area (Å²) in [4.78, 5) is 6.51. The van der Waals surface area contributed by atoms with Crippen LogP contribution in [-0.2, 0) is 12.0 Å². The van der Waals surface area contributed by atoms with Crippen LogP contribution in [0.2, 0.25) is 0 Å². The van der Waals surface area contributed by atoms with Crippen LogP contribution in [0.3, 0.4) is 0 Å². The predicted molar refractivity (Wildman–Crippen MR) is 96.4 cm³/mol. The SMILES string of the molecule is CC1(C)CC1(c1cccs1)c1nc(C2CCCC2)nn1CCCO. The van der Waals surface area contributed by atoms with Crippen molar-refractivity contribution in [3.05, 3.63) is 34.0 Å². The van der Waals surface area contributed by atoms with Crippen molar-refractivity contribution < 1.29 is 5.11 Å². The maximum Gasteiger partial charge on any atom is 0.154 e. The Balaban J connectivity index is 1.77. The second-order valence-corrected chi connectivity index (χ2v) is 8.97. The molecule has 4 nitrogen and oxygen atoms in total. The van der Waals surface area contributed by atoms with E-state index in [9.17, 15) is 5.11 Å². The van der Waals surface area contributed by atoms with Gasteiger partial charge >= 0.3 is 0 Å². The Labute approximate surface area is 147 Å². The molecule has 2 aromatic heterocycles. The van der Waals surface area contributed by atoms with Crippen molar-refractivity contribution in [2.75, 3.05) is 6.61 Å². The van der Waals surface area contributed by atoms with Crippen molar-refractivity contribution in [1.29, 1.82) is 0 Å². The molecule has 1 atom stereocenters. The summed E-state index contributed by atoms with van der Waals surface area (Å²) in [6, 6.07) is 4.39. The van der Waals surface area contributed by atoms with Gasteiger partial charge in [-0.2, -0.15) is 5.10 Å². The van der Waals surface area contributed by atoms with Crippen LogP contribution in [-0.4, -0.2) is 26.5 Å². The number of aryl methyl sites for hydroxylation is 1. The van der Waals surface area contributed by atoms with Gasteiger partial charge in [0.05, 0.1) is 5.41 Å². The van der Waals surface area contributed by atoms with Gasteiger partial charge in [-0.3, -0.25) is 0 Å². The van der Waals surface area contributed by atoms with Crippen LogP contribution in [0.1, 0.15) is 74.8 Å². The predicted octanol–water partition coefficient (Wildman–Crippen LogP) is 4.10. The molecule has 0 radical (unpaired) electrons. The molecule has 0 aromatic carbocycles. The Hall–Kier alpha value is -1.20. The summed E-state index contributed by atoms with van der Waals surface area (Å²) in [6.07, 6.45) is 6.90. The normalized spacial score (nSPS) is 26.1. The first-order chi connectivity index (χ1) is 11.6. The summed E-state index contributed by atoms with van der Waals surface area (Å²) >= 11 is 1.83. The second-order valence-electron chi connectivity index (χ2n) is 8.02. The van der Waals surface area contributed by atoms with Gasteiger partial charge in [-0.15, -0.1) is 11.3 Å². The fraction of sp³-hybridized carbons (Fsp3) is 0.684. The van der Waals surface area contributed by atoms with E-state index in [0.29, 0.717) is 5.92 Å². The monoisotopic (exact) mass is 345 g/mol. The van der Waals surface area contributed by atoms with Crippen LogP contribution < -0.4 is 0 Å². The largest absolute Gasteiger partial charge is 0.396 e. The van der Waals surface area contributed by atoms with Gasteiger partial charge in [-0.25, -0.2) is 9.67 Å². The van der Waals surface area contributed by atoms with E-state index in [4.69, 9.17) is 10.1 Å². The molecule has 0 saturated heterocycles. The highest BCUT2D eigenvalue weighted by molar-refractivity contribution is 7.10. The molecule has 2 fully saturated rings. The zero-order valence-electron chi connectivity index (χ0n) is 14.7. The molecule has 5 heteroatoms. The molecule has 2 aromatic rings. The highest BCUT2D eigenvalue weighted by Crippen LogP contribution is 2.68. The van der Waals surface area contributed by atoms with Crippen molar-refractivity contribution >= 4 is 11.3 Å². The molecule has 0 spiro atoms. The average molecular weight is 346 g/mol. The van der Waals surface area contributed by atoms with Crippen molar-refractivity contribution in [2.24, 2.45) is 5.41 Å². The van der Waals surface area contributed by atoms with Crippen molar-refractivity contribution in [3.8, 4) is 0 Å². The lowest BCUT2D eigenvalue weighted by molar-refractivity contribution is 0.274. The fourth-order valence-corrected chi connectivity index (χ4v) is 5.56. The number of hydrogen-bond donors (Lipinski definition) is 1. The van der Waals surface area contributed by atoms with Gasteiger partial charge in [-0.1, -0.05) is 32.8 Å². The van der Waals surface area contributed by atoms with Crippen LogP contribution >= 0.6 is 11.3 Å². The number of nitrogens with zero attached hydrogens (tertiary/aromatic N) is 3. The quantitative estimate of drug-likeness (QED) is 0.858. The molecule has 0 amide bonds. The first-order valence-corrected chi connectivity index (χ1v) is 10.1. The van der Waals surface area contributed by atoms with E-state index in [1.165, 1.54) is 30.6 Å². The van der Waals surface area contributed by atoms with E-state index in [1.54, 1.807) is 0 Å². The van der Waals surface area contributed by atoms with Gasteiger partial charge < -0.3 is 5.11 Å². The lowest BCUT2D eigenvalue weighted by Crippen LogP contribution is -2.22. The summed E-state index contributed by atoms with van der Waals surface area (Å²) in [5, 5.41) is 16.4. The summed E-state index contributed by atoms with van der Waals surface area (Å²) in [5.74, 6) is 2.70. The van der Waals surface area contributed by atoms with Gasteiger partial charge in [0.25, 0.3) is 0 Å². The highest BCUT2D eigenvalue weighted by atomic mass is 32.1. The first kappa shape index (κ1) is 16.3. The summed E-state index contributed by atoms with van der Waals surface area (Å²) < 4.78 is 2.11. The standard InChI is InChI=1S/C19H27N3OS/c1-18(2)13-19(18,15-9-5-12-24-15)17-20-16(14-7-3-4-8-14)21-22(17)10-6-11-23/h5,9,12,14,23H,3-4,6-8,10-11,13H2,1-2H3. The van der Waals surface area contributed by atoms with E-state index in [1.807, 2.05) is 11.3 Å². The molecule has 24 heavy (non-hydrogen) atoms. The zero-order chi connectivity index (χ0) is 16.8. The zero-order valence-corrected chi connectivity index (χ0v) is 15.5. The smallest absolute Gasteiger partial charge is 0.154 e. The highest BCUT2D eigenvalue weighted by Gasteiger charge is 2.66. The lowest BCUT2D eigenvalue weighted by atomic mass is 9.93. The Kier molecular flexibility index (Phi) is 4.04. The van der Waals surface area contributed by atoms with Gasteiger partial charge in [0, 0.05) is 23.9 Å². The maximum atomic E-state index is 9.28. The minimum Gasteiger partial charge on any atom is -0.396 e. The molecular weight excluding hydrogens is 318 g/mol. The number of rotatable bonds is 6. The molecule has 2 heterocycles. The van der Waals surface area contributed by atoms with Crippen LogP contribution in [0, 0.1) is 5.41 Å². The molecular formula is C19H27N3OS. The molecule has 4 rings (SSSR count). The van der Waals surface area contributed by atoms with E-state index < -0.39 is 0 Å². The first-order valence-electron chi connectivity index (χ1n) is 9.18.